The number of nitriles is 1. The molecule has 0 bridgehead atoms. The molecule has 0 aromatic rings. The first-order chi connectivity index (χ1) is 6.17. The molecule has 3 heteroatoms. The van der Waals surface area contributed by atoms with Gasteiger partial charge in [0.1, 0.15) is 5.41 Å². The number of nitrogens with zero attached hydrogens (tertiary/aromatic N) is 1. The number of hydrogen-bond acceptors (Lipinski definition) is 3. The van der Waals surface area contributed by atoms with E-state index in [0.29, 0.717) is 19.1 Å². The van der Waals surface area contributed by atoms with Gasteiger partial charge < -0.3 is 9.47 Å². The third-order valence-corrected chi connectivity index (χ3v) is 3.69. The molecule has 0 aliphatic carbocycles. The fraction of sp³-hybridized carbons (Fsp3) is 0.900. The number of ether oxygens (including phenoxy) is 2. The van der Waals surface area contributed by atoms with Crippen molar-refractivity contribution in [2.75, 3.05) is 26.4 Å². The summed E-state index contributed by atoms with van der Waals surface area (Å²) in [5, 5.41) is 9.20. The van der Waals surface area contributed by atoms with Crippen LogP contribution in [0.4, 0.5) is 0 Å². The molecule has 3 nitrogen and oxygen atoms in total. The van der Waals surface area contributed by atoms with Crippen LogP contribution in [0.15, 0.2) is 0 Å². The molecule has 13 heavy (non-hydrogen) atoms. The van der Waals surface area contributed by atoms with Gasteiger partial charge in [-0.05, 0) is 5.92 Å². The van der Waals surface area contributed by atoms with E-state index < -0.39 is 0 Å². The van der Waals surface area contributed by atoms with Crippen molar-refractivity contribution in [2.24, 2.45) is 16.7 Å². The number of rotatable bonds is 2. The van der Waals surface area contributed by atoms with Gasteiger partial charge in [0.2, 0.25) is 0 Å². The third-order valence-electron chi connectivity index (χ3n) is 3.69. The van der Waals surface area contributed by atoms with E-state index in [0.717, 1.165) is 13.2 Å². The SMILES string of the molecule is CC(C)C1(C2(C#N)COC2)COC1. The average molecular weight is 181 g/mol. The Morgan fingerprint density at radius 3 is 1.77 bits per heavy atom. The van der Waals surface area contributed by atoms with E-state index in [1.807, 2.05) is 0 Å². The Bertz CT molecular complexity index is 246. The molecule has 0 amide bonds. The van der Waals surface area contributed by atoms with Gasteiger partial charge in [-0.3, -0.25) is 0 Å². The van der Waals surface area contributed by atoms with Crippen LogP contribution in [0.2, 0.25) is 0 Å². The zero-order chi connectivity index (χ0) is 9.53. The van der Waals surface area contributed by atoms with Crippen molar-refractivity contribution in [3.8, 4) is 6.07 Å². The minimum Gasteiger partial charge on any atom is -0.380 e. The summed E-state index contributed by atoms with van der Waals surface area (Å²) in [4.78, 5) is 0. The fourth-order valence-corrected chi connectivity index (χ4v) is 2.25. The first kappa shape index (κ1) is 8.98. The molecule has 0 aromatic heterocycles. The van der Waals surface area contributed by atoms with Crippen molar-refractivity contribution >= 4 is 0 Å². The molecule has 2 heterocycles. The summed E-state index contributed by atoms with van der Waals surface area (Å²) < 4.78 is 10.5. The molecule has 0 N–H and O–H groups in total. The Morgan fingerprint density at radius 2 is 1.69 bits per heavy atom. The predicted molar refractivity (Wildman–Crippen MR) is 47.0 cm³/mol. The van der Waals surface area contributed by atoms with Gasteiger partial charge in [0.15, 0.2) is 0 Å². The van der Waals surface area contributed by atoms with E-state index in [1.54, 1.807) is 0 Å². The average Bonchev–Trinajstić information content (AvgIpc) is 1.91. The number of hydrogen-bond donors (Lipinski definition) is 0. The van der Waals surface area contributed by atoms with Crippen LogP contribution >= 0.6 is 0 Å². The molecule has 0 saturated carbocycles. The Hall–Kier alpha value is -0.590. The quantitative estimate of drug-likeness (QED) is 0.642. The highest BCUT2D eigenvalue weighted by molar-refractivity contribution is 5.17. The van der Waals surface area contributed by atoms with Crippen LogP contribution in [0, 0.1) is 28.1 Å². The zero-order valence-electron chi connectivity index (χ0n) is 8.17. The smallest absolute Gasteiger partial charge is 0.114 e. The second-order valence-corrected chi connectivity index (χ2v) is 4.49. The largest absolute Gasteiger partial charge is 0.380 e. The van der Waals surface area contributed by atoms with Gasteiger partial charge in [-0.15, -0.1) is 0 Å². The first-order valence-electron chi connectivity index (χ1n) is 4.74. The lowest BCUT2D eigenvalue weighted by Gasteiger charge is -2.57. The molecule has 72 valence electrons. The van der Waals surface area contributed by atoms with Crippen LogP contribution in [0.3, 0.4) is 0 Å². The standard InChI is InChI=1S/C10H15NO2/c1-8(2)10(6-13-7-10)9(3-11)4-12-5-9/h8H,4-7H2,1-2H3. The van der Waals surface area contributed by atoms with Crippen LogP contribution in [0.1, 0.15) is 13.8 Å². The summed E-state index contributed by atoms with van der Waals surface area (Å²) >= 11 is 0. The molecule has 2 saturated heterocycles. The fourth-order valence-electron chi connectivity index (χ4n) is 2.25. The lowest BCUT2D eigenvalue weighted by Crippen LogP contribution is -2.65. The molecule has 2 fully saturated rings. The van der Waals surface area contributed by atoms with Crippen LogP contribution < -0.4 is 0 Å². The van der Waals surface area contributed by atoms with Gasteiger partial charge in [-0.2, -0.15) is 5.26 Å². The Morgan fingerprint density at radius 1 is 1.15 bits per heavy atom. The van der Waals surface area contributed by atoms with Gasteiger partial charge in [0.05, 0.1) is 32.5 Å². The van der Waals surface area contributed by atoms with Gasteiger partial charge in [0.25, 0.3) is 0 Å². The highest BCUT2D eigenvalue weighted by Crippen LogP contribution is 2.53. The van der Waals surface area contributed by atoms with Crippen LogP contribution in [-0.4, -0.2) is 26.4 Å². The Kier molecular flexibility index (Phi) is 1.86. The van der Waals surface area contributed by atoms with E-state index in [2.05, 4.69) is 19.9 Å². The lowest BCUT2D eigenvalue weighted by molar-refractivity contribution is -0.260. The topological polar surface area (TPSA) is 42.2 Å². The molecular formula is C10H15NO2. The second kappa shape index (κ2) is 2.70. The van der Waals surface area contributed by atoms with Gasteiger partial charge in [-0.25, -0.2) is 0 Å². The molecule has 2 aliphatic rings. The maximum Gasteiger partial charge on any atom is 0.114 e. The molecule has 2 aliphatic heterocycles. The normalized spacial score (nSPS) is 28.8. The van der Waals surface area contributed by atoms with Gasteiger partial charge in [-0.1, -0.05) is 13.8 Å². The minimum atomic E-state index is -0.264. The third kappa shape index (κ3) is 0.905. The monoisotopic (exact) mass is 181 g/mol. The van der Waals surface area contributed by atoms with E-state index in [1.165, 1.54) is 0 Å². The summed E-state index contributed by atoms with van der Waals surface area (Å²) in [7, 11) is 0. The predicted octanol–water partition coefficient (Wildman–Crippen LogP) is 1.20. The summed E-state index contributed by atoms with van der Waals surface area (Å²) in [6.07, 6.45) is 0. The second-order valence-electron chi connectivity index (χ2n) is 4.49. The van der Waals surface area contributed by atoms with Crippen LogP contribution in [-0.2, 0) is 9.47 Å². The van der Waals surface area contributed by atoms with E-state index in [4.69, 9.17) is 9.47 Å². The first-order valence-corrected chi connectivity index (χ1v) is 4.74. The van der Waals surface area contributed by atoms with Crippen molar-refractivity contribution in [3.05, 3.63) is 0 Å². The lowest BCUT2D eigenvalue weighted by atomic mass is 9.56. The Labute approximate surface area is 78.6 Å². The highest BCUT2D eigenvalue weighted by Gasteiger charge is 2.62. The van der Waals surface area contributed by atoms with Crippen LogP contribution in [0.5, 0.6) is 0 Å². The van der Waals surface area contributed by atoms with Gasteiger partial charge in [0, 0.05) is 5.41 Å². The Balaban J connectivity index is 2.25. The molecular weight excluding hydrogens is 166 g/mol. The van der Waals surface area contributed by atoms with Crippen molar-refractivity contribution in [1.82, 2.24) is 0 Å². The molecule has 2 rings (SSSR count). The van der Waals surface area contributed by atoms with E-state index in [9.17, 15) is 5.26 Å². The summed E-state index contributed by atoms with van der Waals surface area (Å²) in [6, 6.07) is 2.43. The van der Waals surface area contributed by atoms with Crippen molar-refractivity contribution in [2.45, 2.75) is 13.8 Å². The summed E-state index contributed by atoms with van der Waals surface area (Å²) in [5.41, 5.74) is -0.209. The molecule has 0 atom stereocenters. The van der Waals surface area contributed by atoms with Crippen molar-refractivity contribution in [1.29, 1.82) is 5.26 Å². The highest BCUT2D eigenvalue weighted by atomic mass is 16.5. The van der Waals surface area contributed by atoms with Crippen molar-refractivity contribution in [3.63, 3.8) is 0 Å². The van der Waals surface area contributed by atoms with E-state index in [-0.39, 0.29) is 10.8 Å². The van der Waals surface area contributed by atoms with E-state index >= 15 is 0 Å². The maximum atomic E-state index is 9.20. The maximum absolute atomic E-state index is 9.20. The van der Waals surface area contributed by atoms with Gasteiger partial charge >= 0.3 is 0 Å². The molecule has 0 unspecified atom stereocenters. The molecule has 0 radical (unpaired) electrons. The zero-order valence-corrected chi connectivity index (χ0v) is 8.17. The molecule has 0 spiro atoms. The summed E-state index contributed by atoms with van der Waals surface area (Å²) in [5.74, 6) is 0.491. The summed E-state index contributed by atoms with van der Waals surface area (Å²) in [6.45, 7) is 6.96. The molecule has 0 aromatic carbocycles. The van der Waals surface area contributed by atoms with Crippen LogP contribution in [0.25, 0.3) is 0 Å². The van der Waals surface area contributed by atoms with Crippen molar-refractivity contribution < 1.29 is 9.47 Å². The minimum absolute atomic E-state index is 0.0556.